The average molecular weight is 509 g/mol. The van der Waals surface area contributed by atoms with Gasteiger partial charge in [-0.2, -0.15) is 0 Å². The molecule has 0 spiro atoms. The normalized spacial score (nSPS) is 32.7. The molecule has 5 nitrogen and oxygen atoms in total. The van der Waals surface area contributed by atoms with Crippen molar-refractivity contribution in [3.05, 3.63) is 24.3 Å². The highest BCUT2D eigenvalue weighted by Gasteiger charge is 2.49. The van der Waals surface area contributed by atoms with Crippen LogP contribution in [0.5, 0.6) is 0 Å². The molecule has 210 valence electrons. The van der Waals surface area contributed by atoms with E-state index < -0.39 is 11.9 Å². The van der Waals surface area contributed by atoms with Crippen molar-refractivity contribution in [2.24, 2.45) is 29.6 Å². The maximum Gasteiger partial charge on any atom is 0.181 e. The molecule has 2 aliphatic carbocycles. The molecule has 2 rings (SSSR count). The summed E-state index contributed by atoms with van der Waals surface area (Å²) in [6, 6.07) is 0. The van der Waals surface area contributed by atoms with E-state index in [4.69, 9.17) is 18.9 Å². The van der Waals surface area contributed by atoms with E-state index in [1.807, 2.05) is 0 Å². The van der Waals surface area contributed by atoms with Crippen LogP contribution in [0.25, 0.3) is 0 Å². The van der Waals surface area contributed by atoms with Gasteiger partial charge in [-0.05, 0) is 70.6 Å². The first-order valence-corrected chi connectivity index (χ1v) is 14.5. The van der Waals surface area contributed by atoms with Crippen LogP contribution in [-0.4, -0.2) is 56.1 Å². The van der Waals surface area contributed by atoms with Crippen molar-refractivity contribution in [2.75, 3.05) is 33.0 Å². The third-order valence-electron chi connectivity index (χ3n) is 8.56. The summed E-state index contributed by atoms with van der Waals surface area (Å²) in [6.07, 6.45) is 8.34. The smallest absolute Gasteiger partial charge is 0.181 e. The molecule has 0 aromatic heterocycles. The van der Waals surface area contributed by atoms with E-state index in [0.717, 1.165) is 50.5 Å². The minimum absolute atomic E-state index is 0.0278. The SMILES string of the molecule is C=C(C)C1CCC(C)CC1OCCOC(COCCCC)OC1(C(C)CO)CC(C)CCC1C(=C)C. The summed E-state index contributed by atoms with van der Waals surface area (Å²) < 4.78 is 25.5. The zero-order valence-electron chi connectivity index (χ0n) is 24.2. The average Bonchev–Trinajstić information content (AvgIpc) is 2.83. The summed E-state index contributed by atoms with van der Waals surface area (Å²) in [4.78, 5) is 0. The molecule has 0 amide bonds. The van der Waals surface area contributed by atoms with Crippen LogP contribution in [0.1, 0.15) is 92.9 Å². The monoisotopic (exact) mass is 508 g/mol. The van der Waals surface area contributed by atoms with E-state index in [0.29, 0.717) is 44.2 Å². The van der Waals surface area contributed by atoms with Gasteiger partial charge in [0.25, 0.3) is 0 Å². The van der Waals surface area contributed by atoms with Crippen LogP contribution in [0.3, 0.4) is 0 Å². The molecule has 0 heterocycles. The van der Waals surface area contributed by atoms with E-state index in [1.54, 1.807) is 0 Å². The highest BCUT2D eigenvalue weighted by Crippen LogP contribution is 2.48. The van der Waals surface area contributed by atoms with Gasteiger partial charge in [-0.1, -0.05) is 58.4 Å². The van der Waals surface area contributed by atoms with Gasteiger partial charge in [0.1, 0.15) is 0 Å². The van der Waals surface area contributed by atoms with E-state index in [-0.39, 0.29) is 24.5 Å². The van der Waals surface area contributed by atoms with E-state index in [9.17, 15) is 5.11 Å². The Labute approximate surface area is 222 Å². The lowest BCUT2D eigenvalue weighted by Crippen LogP contribution is -2.54. The molecule has 0 radical (unpaired) electrons. The molecular weight excluding hydrogens is 452 g/mol. The molecule has 0 aliphatic heterocycles. The van der Waals surface area contributed by atoms with Crippen LogP contribution in [0, 0.1) is 29.6 Å². The third kappa shape index (κ3) is 8.94. The fourth-order valence-corrected chi connectivity index (χ4v) is 6.34. The molecule has 36 heavy (non-hydrogen) atoms. The third-order valence-corrected chi connectivity index (χ3v) is 8.56. The van der Waals surface area contributed by atoms with Crippen molar-refractivity contribution in [2.45, 2.75) is 111 Å². The van der Waals surface area contributed by atoms with Gasteiger partial charge in [-0.15, -0.1) is 0 Å². The number of hydrogen-bond acceptors (Lipinski definition) is 5. The molecule has 1 N–H and O–H groups in total. The lowest BCUT2D eigenvalue weighted by Gasteiger charge is -2.51. The minimum atomic E-state index is -0.512. The molecule has 8 unspecified atom stereocenters. The lowest BCUT2D eigenvalue weighted by atomic mass is 9.63. The van der Waals surface area contributed by atoms with Gasteiger partial charge in [0.2, 0.25) is 0 Å². The first kappa shape index (κ1) is 31.5. The summed E-state index contributed by atoms with van der Waals surface area (Å²) in [5, 5.41) is 10.2. The van der Waals surface area contributed by atoms with Crippen LogP contribution < -0.4 is 0 Å². The standard InChI is InChI=1S/C31H56O5/c1-9-10-15-33-21-30(35-17-16-34-29-18-24(6)11-13-27(29)22(2)3)36-31(26(8)20-32)19-25(7)12-14-28(31)23(4)5/h24-30,32H,2,4,9-21H2,1,3,5-8H3. The predicted molar refractivity (Wildman–Crippen MR) is 148 cm³/mol. The molecule has 2 fully saturated rings. The Bertz CT molecular complexity index is 663. The molecule has 0 aromatic rings. The number of rotatable bonds is 16. The van der Waals surface area contributed by atoms with Crippen LogP contribution >= 0.6 is 0 Å². The molecule has 8 atom stereocenters. The van der Waals surface area contributed by atoms with Gasteiger partial charge in [0, 0.05) is 31.0 Å². The summed E-state index contributed by atoms with van der Waals surface area (Å²) >= 11 is 0. The second kappa shape index (κ2) is 15.6. The number of ether oxygens (including phenoxy) is 4. The molecule has 2 aliphatic rings. The van der Waals surface area contributed by atoms with Crippen LogP contribution in [0.4, 0.5) is 0 Å². The lowest BCUT2D eigenvalue weighted by molar-refractivity contribution is -0.272. The Morgan fingerprint density at radius 1 is 1.00 bits per heavy atom. The first-order valence-electron chi connectivity index (χ1n) is 14.5. The van der Waals surface area contributed by atoms with Gasteiger partial charge >= 0.3 is 0 Å². The Balaban J connectivity index is 2.09. The zero-order valence-corrected chi connectivity index (χ0v) is 24.2. The molecule has 0 aromatic carbocycles. The second-order valence-corrected chi connectivity index (χ2v) is 12.0. The fraction of sp³-hybridized carbons (Fsp3) is 0.871. The molecule has 0 saturated heterocycles. The molecular formula is C31H56O5. The van der Waals surface area contributed by atoms with Crippen molar-refractivity contribution in [3.63, 3.8) is 0 Å². The van der Waals surface area contributed by atoms with Crippen molar-refractivity contribution in [3.8, 4) is 0 Å². The minimum Gasteiger partial charge on any atom is -0.396 e. The van der Waals surface area contributed by atoms with Gasteiger partial charge in [0.15, 0.2) is 6.29 Å². The highest BCUT2D eigenvalue weighted by molar-refractivity contribution is 5.11. The van der Waals surface area contributed by atoms with Gasteiger partial charge in [-0.25, -0.2) is 0 Å². The fourth-order valence-electron chi connectivity index (χ4n) is 6.34. The molecule has 2 saturated carbocycles. The van der Waals surface area contributed by atoms with Gasteiger partial charge in [-0.3, -0.25) is 0 Å². The van der Waals surface area contributed by atoms with E-state index in [1.165, 1.54) is 12.0 Å². The second-order valence-electron chi connectivity index (χ2n) is 12.0. The number of hydrogen-bond donors (Lipinski definition) is 1. The van der Waals surface area contributed by atoms with E-state index >= 15 is 0 Å². The summed E-state index contributed by atoms with van der Waals surface area (Å²) in [5.41, 5.74) is 1.82. The molecule has 5 heteroatoms. The largest absolute Gasteiger partial charge is 0.396 e. The number of aliphatic hydroxyl groups is 1. The van der Waals surface area contributed by atoms with Gasteiger partial charge in [0.05, 0.1) is 31.5 Å². The Morgan fingerprint density at radius 3 is 2.36 bits per heavy atom. The van der Waals surface area contributed by atoms with Crippen molar-refractivity contribution in [1.82, 2.24) is 0 Å². The van der Waals surface area contributed by atoms with Crippen molar-refractivity contribution in [1.29, 1.82) is 0 Å². The summed E-state index contributed by atoms with van der Waals surface area (Å²) in [7, 11) is 0. The summed E-state index contributed by atoms with van der Waals surface area (Å²) in [6.45, 7) is 23.7. The predicted octanol–water partition coefficient (Wildman–Crippen LogP) is 6.94. The van der Waals surface area contributed by atoms with Crippen LogP contribution in [-0.2, 0) is 18.9 Å². The van der Waals surface area contributed by atoms with Gasteiger partial charge < -0.3 is 24.1 Å². The maximum absolute atomic E-state index is 10.2. The maximum atomic E-state index is 10.2. The topological polar surface area (TPSA) is 57.2 Å². The van der Waals surface area contributed by atoms with Crippen LogP contribution in [0.15, 0.2) is 24.3 Å². The van der Waals surface area contributed by atoms with Crippen LogP contribution in [0.2, 0.25) is 0 Å². The summed E-state index contributed by atoms with van der Waals surface area (Å²) in [5.74, 6) is 1.79. The highest BCUT2D eigenvalue weighted by atomic mass is 16.7. The zero-order chi connectivity index (χ0) is 26.7. The quantitative estimate of drug-likeness (QED) is 0.139. The van der Waals surface area contributed by atoms with Crippen molar-refractivity contribution >= 4 is 0 Å². The Hall–Kier alpha value is -0.720. The first-order chi connectivity index (χ1) is 17.1. The van der Waals surface area contributed by atoms with Crippen molar-refractivity contribution < 1.29 is 24.1 Å². The molecule has 0 bridgehead atoms. The Morgan fingerprint density at radius 2 is 1.72 bits per heavy atom. The number of unbranched alkanes of at least 4 members (excludes halogenated alkanes) is 1. The Kier molecular flexibility index (Phi) is 13.7. The van der Waals surface area contributed by atoms with E-state index in [2.05, 4.69) is 54.7 Å². The number of aliphatic hydroxyl groups excluding tert-OH is 1.